The number of hydrogen-bond donors (Lipinski definition) is 0. The molecule has 7 aromatic carbocycles. The van der Waals surface area contributed by atoms with E-state index in [0.29, 0.717) is 0 Å². The average Bonchev–Trinajstić information content (AvgIpc) is 3.01. The Balaban J connectivity index is 1.20. The van der Waals surface area contributed by atoms with Crippen molar-refractivity contribution in [3.63, 3.8) is 0 Å². The SMILES string of the molecule is CCc1ccc(C)c2c(/C=C/c3ccc(-c4ccc(C=c5c6ccc(C)c7c(C)ccc5c76)c(C)c4)cc3C)ccc(C)c12. The number of fused-ring (bicyclic) bond motifs is 1. The summed E-state index contributed by atoms with van der Waals surface area (Å²) in [6.45, 7) is 15.6. The van der Waals surface area contributed by atoms with Crippen LogP contribution in [0, 0.1) is 41.5 Å². The highest BCUT2D eigenvalue weighted by Gasteiger charge is 2.14. The first-order valence-electron chi connectivity index (χ1n) is 15.9. The zero-order valence-corrected chi connectivity index (χ0v) is 27.0. The normalized spacial score (nSPS) is 12.0. The van der Waals surface area contributed by atoms with Crippen molar-refractivity contribution in [2.45, 2.75) is 54.9 Å². The van der Waals surface area contributed by atoms with Gasteiger partial charge >= 0.3 is 0 Å². The number of aryl methyl sites for hydroxylation is 7. The third kappa shape index (κ3) is 4.52. The molecule has 216 valence electrons. The van der Waals surface area contributed by atoms with Gasteiger partial charge in [0.1, 0.15) is 0 Å². The zero-order valence-electron chi connectivity index (χ0n) is 27.0. The van der Waals surface area contributed by atoms with Gasteiger partial charge in [-0.1, -0.05) is 104 Å². The van der Waals surface area contributed by atoms with E-state index in [1.54, 1.807) is 0 Å². The van der Waals surface area contributed by atoms with Crippen LogP contribution in [0.25, 0.3) is 61.7 Å². The first-order chi connectivity index (χ1) is 21.2. The van der Waals surface area contributed by atoms with E-state index in [-0.39, 0.29) is 0 Å². The van der Waals surface area contributed by atoms with Crippen LogP contribution in [-0.2, 0) is 6.42 Å². The van der Waals surface area contributed by atoms with E-state index in [1.807, 2.05) is 0 Å². The Bertz CT molecular complexity index is 2260. The Labute approximate surface area is 261 Å². The molecular weight excluding hydrogens is 528 g/mol. The molecule has 0 fully saturated rings. The summed E-state index contributed by atoms with van der Waals surface area (Å²) < 4.78 is 0. The minimum absolute atomic E-state index is 1.05. The molecule has 0 nitrogen and oxygen atoms in total. The average molecular weight is 569 g/mol. The molecule has 0 saturated carbocycles. The molecule has 7 aromatic rings. The van der Waals surface area contributed by atoms with Gasteiger partial charge in [0.15, 0.2) is 0 Å². The van der Waals surface area contributed by atoms with Crippen molar-refractivity contribution in [1.82, 2.24) is 0 Å². The van der Waals surface area contributed by atoms with Crippen LogP contribution in [0.4, 0.5) is 0 Å². The Kier molecular flexibility index (Phi) is 6.90. The van der Waals surface area contributed by atoms with Crippen molar-refractivity contribution in [3.05, 3.63) is 146 Å². The lowest BCUT2D eigenvalue weighted by atomic mass is 9.87. The molecule has 44 heavy (non-hydrogen) atoms. The smallest absolute Gasteiger partial charge is 0.00210 e. The van der Waals surface area contributed by atoms with E-state index >= 15 is 0 Å². The molecule has 0 aliphatic rings. The van der Waals surface area contributed by atoms with Crippen LogP contribution in [0.5, 0.6) is 0 Å². The topological polar surface area (TPSA) is 0 Å². The molecule has 0 N–H and O–H groups in total. The number of rotatable bonds is 5. The molecule has 0 aromatic heterocycles. The third-order valence-electron chi connectivity index (χ3n) is 9.85. The molecule has 7 rings (SSSR count). The highest BCUT2D eigenvalue weighted by Crippen LogP contribution is 2.34. The van der Waals surface area contributed by atoms with Gasteiger partial charge in [0.05, 0.1) is 0 Å². The predicted molar refractivity (Wildman–Crippen MR) is 194 cm³/mol. The second-order valence-corrected chi connectivity index (χ2v) is 12.8. The van der Waals surface area contributed by atoms with Crippen molar-refractivity contribution >= 4 is 50.5 Å². The van der Waals surface area contributed by atoms with Crippen LogP contribution >= 0.6 is 0 Å². The van der Waals surface area contributed by atoms with E-state index in [1.165, 1.54) is 104 Å². The largest absolute Gasteiger partial charge is 0.0613 e. The maximum Gasteiger partial charge on any atom is -0.00210 e. The molecule has 0 aliphatic heterocycles. The fourth-order valence-electron chi connectivity index (χ4n) is 7.34. The van der Waals surface area contributed by atoms with Crippen molar-refractivity contribution in [2.24, 2.45) is 0 Å². The van der Waals surface area contributed by atoms with Gasteiger partial charge in [0.2, 0.25) is 0 Å². The van der Waals surface area contributed by atoms with Crippen LogP contribution in [-0.4, -0.2) is 0 Å². The third-order valence-corrected chi connectivity index (χ3v) is 9.85. The molecule has 0 spiro atoms. The molecule has 0 amide bonds. The van der Waals surface area contributed by atoms with Crippen LogP contribution in [0.15, 0.2) is 84.9 Å². The Morgan fingerprint density at radius 1 is 0.432 bits per heavy atom. The quantitative estimate of drug-likeness (QED) is 0.181. The molecular formula is C44H40. The van der Waals surface area contributed by atoms with E-state index < -0.39 is 0 Å². The molecule has 0 atom stereocenters. The molecule has 0 bridgehead atoms. The van der Waals surface area contributed by atoms with Gasteiger partial charge in [-0.25, -0.2) is 0 Å². The minimum atomic E-state index is 1.05. The van der Waals surface area contributed by atoms with Gasteiger partial charge in [-0.3, -0.25) is 0 Å². The minimum Gasteiger partial charge on any atom is -0.0613 e. The Hall–Kier alpha value is -4.68. The lowest BCUT2D eigenvalue weighted by Gasteiger charge is -2.17. The van der Waals surface area contributed by atoms with E-state index in [0.717, 1.165) is 6.42 Å². The summed E-state index contributed by atoms with van der Waals surface area (Å²) in [5, 5.41) is 9.78. The second kappa shape index (κ2) is 10.8. The van der Waals surface area contributed by atoms with Crippen molar-refractivity contribution < 1.29 is 0 Å². The van der Waals surface area contributed by atoms with Gasteiger partial charge in [-0.15, -0.1) is 0 Å². The second-order valence-electron chi connectivity index (χ2n) is 12.8. The zero-order chi connectivity index (χ0) is 30.7. The predicted octanol–water partition coefficient (Wildman–Crippen LogP) is 11.4. The first-order valence-corrected chi connectivity index (χ1v) is 15.9. The molecule has 0 unspecified atom stereocenters. The van der Waals surface area contributed by atoms with Gasteiger partial charge in [-0.2, -0.15) is 0 Å². The summed E-state index contributed by atoms with van der Waals surface area (Å²) >= 11 is 0. The van der Waals surface area contributed by atoms with Gasteiger partial charge in [0, 0.05) is 0 Å². The van der Waals surface area contributed by atoms with Crippen LogP contribution in [0.2, 0.25) is 0 Å². The highest BCUT2D eigenvalue weighted by molar-refractivity contribution is 6.19. The summed E-state index contributed by atoms with van der Waals surface area (Å²) in [5.41, 5.74) is 15.8. The first kappa shape index (κ1) is 28.1. The van der Waals surface area contributed by atoms with Crippen molar-refractivity contribution in [3.8, 4) is 11.1 Å². The summed E-state index contributed by atoms with van der Waals surface area (Å²) in [7, 11) is 0. The van der Waals surface area contributed by atoms with E-state index in [4.69, 9.17) is 0 Å². The Morgan fingerprint density at radius 2 is 0.932 bits per heavy atom. The van der Waals surface area contributed by atoms with Gasteiger partial charge in [0.25, 0.3) is 0 Å². The molecule has 0 saturated heterocycles. The highest BCUT2D eigenvalue weighted by atomic mass is 14.2. The maximum atomic E-state index is 2.37. The van der Waals surface area contributed by atoms with Crippen LogP contribution in [0.1, 0.15) is 62.6 Å². The van der Waals surface area contributed by atoms with Gasteiger partial charge < -0.3 is 0 Å². The van der Waals surface area contributed by atoms with Crippen LogP contribution in [0.3, 0.4) is 0 Å². The van der Waals surface area contributed by atoms with E-state index in [2.05, 4.69) is 152 Å². The number of hydrogen-bond acceptors (Lipinski definition) is 0. The molecule has 0 heterocycles. The van der Waals surface area contributed by atoms with Crippen LogP contribution < -0.4 is 5.22 Å². The lowest BCUT2D eigenvalue weighted by Crippen LogP contribution is -2.12. The van der Waals surface area contributed by atoms with Gasteiger partial charge in [-0.05, 0) is 158 Å². The van der Waals surface area contributed by atoms with Crippen molar-refractivity contribution in [1.29, 1.82) is 0 Å². The lowest BCUT2D eigenvalue weighted by molar-refractivity contribution is 1.15. The Morgan fingerprint density at radius 3 is 1.55 bits per heavy atom. The molecule has 0 radical (unpaired) electrons. The molecule has 0 aliphatic carbocycles. The monoisotopic (exact) mass is 568 g/mol. The standard InChI is InChI=1S/C44H40/c1-8-32-13-9-29(5)43-34(14-10-28(4)42(32)43)17-15-33-16-19-36(23-30(33)6)37-20-18-35(31(7)24-37)25-40-38-21-11-26(2)41-27(3)12-22-39(40)44(38)41/h9-25H,8H2,1-7H3/b17-15+. The maximum absolute atomic E-state index is 2.37. The summed E-state index contributed by atoms with van der Waals surface area (Å²) in [4.78, 5) is 0. The van der Waals surface area contributed by atoms with E-state index in [9.17, 15) is 0 Å². The number of benzene rings is 6. The fraction of sp³-hybridized carbons (Fsp3) is 0.182. The fourth-order valence-corrected chi connectivity index (χ4v) is 7.34. The molecule has 0 heteroatoms. The van der Waals surface area contributed by atoms with Crippen molar-refractivity contribution in [2.75, 3.05) is 0 Å². The summed E-state index contributed by atoms with van der Waals surface area (Å²) in [6, 6.07) is 32.0. The summed E-state index contributed by atoms with van der Waals surface area (Å²) in [5.74, 6) is 0. The summed E-state index contributed by atoms with van der Waals surface area (Å²) in [6.07, 6.45) is 8.00.